The second-order valence-corrected chi connectivity index (χ2v) is 5.83. The monoisotopic (exact) mass is 315 g/mol. The van der Waals surface area contributed by atoms with Crippen molar-refractivity contribution in [2.75, 3.05) is 0 Å². The van der Waals surface area contributed by atoms with Crippen LogP contribution in [-0.4, -0.2) is 17.7 Å². The van der Waals surface area contributed by atoms with Crippen molar-refractivity contribution in [1.82, 2.24) is 16.2 Å². The van der Waals surface area contributed by atoms with Crippen molar-refractivity contribution in [3.8, 4) is 0 Å². The van der Waals surface area contributed by atoms with Gasteiger partial charge in [-0.3, -0.25) is 4.79 Å². The lowest BCUT2D eigenvalue weighted by molar-refractivity contribution is -0.165. The third-order valence-corrected chi connectivity index (χ3v) is 3.77. The molecule has 1 aliphatic heterocycles. The first-order chi connectivity index (χ1) is 10.2. The smallest absolute Gasteiger partial charge is 0.352 e. The summed E-state index contributed by atoms with van der Waals surface area (Å²) in [7, 11) is 0. The van der Waals surface area contributed by atoms with E-state index in [0.717, 1.165) is 5.56 Å². The molecule has 0 bridgehead atoms. The number of alkyl halides is 3. The molecule has 0 atom stereocenters. The van der Waals surface area contributed by atoms with Gasteiger partial charge >= 0.3 is 6.18 Å². The molecular formula is C15H20F3N3O. The Kier molecular flexibility index (Phi) is 4.77. The summed E-state index contributed by atoms with van der Waals surface area (Å²) in [6, 6.07) is 7.80. The molecule has 1 aromatic carbocycles. The molecule has 2 rings (SSSR count). The predicted molar refractivity (Wildman–Crippen MR) is 76.7 cm³/mol. The summed E-state index contributed by atoms with van der Waals surface area (Å²) in [4.78, 5) is 11.7. The minimum atomic E-state index is -4.40. The number of halogens is 3. The van der Waals surface area contributed by atoms with E-state index in [2.05, 4.69) is 30.0 Å². The van der Waals surface area contributed by atoms with Crippen LogP contribution < -0.4 is 16.2 Å². The lowest BCUT2D eigenvalue weighted by Gasteiger charge is -2.15. The van der Waals surface area contributed by atoms with E-state index in [1.807, 2.05) is 24.3 Å². The highest BCUT2D eigenvalue weighted by Gasteiger charge is 2.63. The zero-order valence-corrected chi connectivity index (χ0v) is 12.6. The zero-order chi connectivity index (χ0) is 16.4. The number of carbonyl (C=O) groups is 1. The minimum absolute atomic E-state index is 0.191. The van der Waals surface area contributed by atoms with Gasteiger partial charge in [0.25, 0.3) is 0 Å². The van der Waals surface area contributed by atoms with Crippen molar-refractivity contribution in [2.24, 2.45) is 0 Å². The van der Waals surface area contributed by atoms with Crippen molar-refractivity contribution in [1.29, 1.82) is 0 Å². The Morgan fingerprint density at radius 1 is 1.23 bits per heavy atom. The Morgan fingerprint density at radius 2 is 1.82 bits per heavy atom. The number of rotatable bonds is 6. The largest absolute Gasteiger partial charge is 0.422 e. The van der Waals surface area contributed by atoms with Gasteiger partial charge in [-0.2, -0.15) is 13.2 Å². The molecule has 0 spiro atoms. The van der Waals surface area contributed by atoms with Crippen LogP contribution in [0.2, 0.25) is 0 Å². The Labute approximate surface area is 127 Å². The number of benzene rings is 1. The first-order valence-electron chi connectivity index (χ1n) is 7.20. The van der Waals surface area contributed by atoms with Gasteiger partial charge in [0.1, 0.15) is 0 Å². The number of hydrogen-bond donors (Lipinski definition) is 3. The third-order valence-electron chi connectivity index (χ3n) is 3.77. The second kappa shape index (κ2) is 6.26. The molecule has 0 unspecified atom stereocenters. The molecule has 122 valence electrons. The van der Waals surface area contributed by atoms with Crippen LogP contribution in [0.5, 0.6) is 0 Å². The average molecular weight is 315 g/mol. The minimum Gasteiger partial charge on any atom is -0.352 e. The summed E-state index contributed by atoms with van der Waals surface area (Å²) < 4.78 is 37.9. The molecule has 0 saturated carbocycles. The van der Waals surface area contributed by atoms with Crippen LogP contribution in [0.25, 0.3) is 0 Å². The summed E-state index contributed by atoms with van der Waals surface area (Å²) in [5.74, 6) is 0.0350. The van der Waals surface area contributed by atoms with Gasteiger partial charge in [0, 0.05) is 13.0 Å². The Hall–Kier alpha value is -1.60. The maximum atomic E-state index is 12.6. The molecule has 1 heterocycles. The molecule has 3 N–H and O–H groups in total. The Morgan fingerprint density at radius 3 is 2.27 bits per heavy atom. The molecule has 1 amide bonds. The van der Waals surface area contributed by atoms with E-state index in [-0.39, 0.29) is 12.8 Å². The molecule has 0 aromatic heterocycles. The highest BCUT2D eigenvalue weighted by Crippen LogP contribution is 2.36. The molecule has 1 fully saturated rings. The van der Waals surface area contributed by atoms with Crippen LogP contribution >= 0.6 is 0 Å². The second-order valence-electron chi connectivity index (χ2n) is 5.83. The number of hydrazine groups is 1. The van der Waals surface area contributed by atoms with Crippen LogP contribution in [0.1, 0.15) is 43.7 Å². The van der Waals surface area contributed by atoms with E-state index < -0.39 is 17.7 Å². The number of amides is 1. The maximum absolute atomic E-state index is 12.6. The van der Waals surface area contributed by atoms with E-state index in [9.17, 15) is 18.0 Å². The van der Waals surface area contributed by atoms with Crippen LogP contribution in [0.4, 0.5) is 13.2 Å². The summed E-state index contributed by atoms with van der Waals surface area (Å²) in [6.07, 6.45) is -4.92. The van der Waals surface area contributed by atoms with Crippen molar-refractivity contribution < 1.29 is 18.0 Å². The van der Waals surface area contributed by atoms with Gasteiger partial charge in [-0.05, 0) is 23.5 Å². The number of hydrogen-bond acceptors (Lipinski definition) is 3. The third kappa shape index (κ3) is 3.98. The number of nitrogens with one attached hydrogen (secondary N) is 3. The van der Waals surface area contributed by atoms with Gasteiger partial charge in [-0.1, -0.05) is 38.1 Å². The first kappa shape index (κ1) is 16.8. The van der Waals surface area contributed by atoms with Gasteiger partial charge in [0.2, 0.25) is 5.91 Å². The molecular weight excluding hydrogens is 295 g/mol. The highest BCUT2D eigenvalue weighted by atomic mass is 19.4. The molecule has 1 aromatic rings. The van der Waals surface area contributed by atoms with E-state index in [0.29, 0.717) is 12.5 Å². The van der Waals surface area contributed by atoms with E-state index in [1.54, 1.807) is 0 Å². The zero-order valence-electron chi connectivity index (χ0n) is 12.6. The highest BCUT2D eigenvalue weighted by molar-refractivity contribution is 5.76. The van der Waals surface area contributed by atoms with Crippen molar-refractivity contribution in [3.05, 3.63) is 35.4 Å². The fourth-order valence-corrected chi connectivity index (χ4v) is 2.09. The summed E-state index contributed by atoms with van der Waals surface area (Å²) in [5.41, 5.74) is 4.19. The summed E-state index contributed by atoms with van der Waals surface area (Å²) in [6.45, 7) is 4.50. The van der Waals surface area contributed by atoms with E-state index in [1.165, 1.54) is 5.56 Å². The maximum Gasteiger partial charge on any atom is 0.422 e. The quantitative estimate of drug-likeness (QED) is 0.707. The van der Waals surface area contributed by atoms with Gasteiger partial charge < -0.3 is 5.32 Å². The van der Waals surface area contributed by atoms with Gasteiger partial charge in [0.15, 0.2) is 5.66 Å². The fourth-order valence-electron chi connectivity index (χ4n) is 2.09. The number of carbonyl (C=O) groups excluding carboxylic acids is 1. The van der Waals surface area contributed by atoms with Crippen molar-refractivity contribution in [2.45, 2.75) is 51.0 Å². The summed E-state index contributed by atoms with van der Waals surface area (Å²) in [5, 5.41) is 2.64. The van der Waals surface area contributed by atoms with Crippen LogP contribution in [0.15, 0.2) is 24.3 Å². The van der Waals surface area contributed by atoms with E-state index >= 15 is 0 Å². The molecule has 22 heavy (non-hydrogen) atoms. The van der Waals surface area contributed by atoms with Gasteiger partial charge in [-0.15, -0.1) is 0 Å². The van der Waals surface area contributed by atoms with Gasteiger partial charge in [-0.25, -0.2) is 10.9 Å². The molecule has 1 aliphatic rings. The Bertz CT molecular complexity index is 522. The van der Waals surface area contributed by atoms with Crippen LogP contribution in [-0.2, 0) is 11.3 Å². The molecule has 0 aliphatic carbocycles. The molecule has 4 nitrogen and oxygen atoms in total. The summed E-state index contributed by atoms with van der Waals surface area (Å²) >= 11 is 0. The molecule has 7 heteroatoms. The van der Waals surface area contributed by atoms with Crippen LogP contribution in [0, 0.1) is 0 Å². The van der Waals surface area contributed by atoms with Gasteiger partial charge in [0.05, 0.1) is 0 Å². The van der Waals surface area contributed by atoms with Crippen molar-refractivity contribution >= 4 is 5.91 Å². The Balaban J connectivity index is 1.76. The lowest BCUT2D eigenvalue weighted by atomic mass is 10.0. The van der Waals surface area contributed by atoms with Crippen molar-refractivity contribution in [3.63, 3.8) is 0 Å². The van der Waals surface area contributed by atoms with E-state index in [4.69, 9.17) is 0 Å². The fraction of sp³-hybridized carbons (Fsp3) is 0.533. The SMILES string of the molecule is CC(C)c1ccc(CNC(=O)CCC2(C(F)(F)F)NN2)cc1. The average Bonchev–Trinajstić information content (AvgIpc) is 3.24. The van der Waals surface area contributed by atoms with Crippen LogP contribution in [0.3, 0.4) is 0 Å². The lowest BCUT2D eigenvalue weighted by Crippen LogP contribution is -2.38. The molecule has 1 saturated heterocycles. The predicted octanol–water partition coefficient (Wildman–Crippen LogP) is 2.57. The standard InChI is InChI=1S/C15H20F3N3O/c1-10(2)12-5-3-11(4-6-12)9-19-13(22)7-8-14(20-21-14)15(16,17)18/h3-6,10,20-21H,7-9H2,1-2H3,(H,19,22). The first-order valence-corrected chi connectivity index (χ1v) is 7.20. The molecule has 0 radical (unpaired) electrons. The topological polar surface area (TPSA) is 73.0 Å². The normalized spacial score (nSPS) is 16.6.